The Morgan fingerprint density at radius 3 is 2.40 bits per heavy atom. The average Bonchev–Trinajstić information content (AvgIpc) is 2.35. The number of carbonyl (C=O) groups excluding carboxylic acids is 1. The number of halogens is 1. The van der Waals surface area contributed by atoms with Gasteiger partial charge in [-0.15, -0.1) is 12.4 Å². The number of likely N-dealkylation sites (N-methyl/N-ethyl adjacent to an activating group) is 1. The quantitative estimate of drug-likeness (QED) is 0.905. The van der Waals surface area contributed by atoms with Crippen LogP contribution in [0, 0.1) is 12.8 Å². The summed E-state index contributed by atoms with van der Waals surface area (Å²) in [6, 6.07) is 8.91. The van der Waals surface area contributed by atoms with Gasteiger partial charge in [0, 0.05) is 26.2 Å². The van der Waals surface area contributed by atoms with Gasteiger partial charge in [-0.1, -0.05) is 36.8 Å². The largest absolute Gasteiger partial charge is 0.342 e. The van der Waals surface area contributed by atoms with E-state index in [1.807, 2.05) is 11.9 Å². The molecule has 0 saturated carbocycles. The second kappa shape index (κ2) is 7.65. The topological polar surface area (TPSA) is 32.3 Å². The summed E-state index contributed by atoms with van der Waals surface area (Å²) in [7, 11) is 1.95. The van der Waals surface area contributed by atoms with Crippen molar-refractivity contribution in [3.8, 4) is 0 Å². The number of benzene rings is 1. The molecule has 2 rings (SSSR count). The molecule has 1 aliphatic rings. The molecule has 4 heteroatoms. The summed E-state index contributed by atoms with van der Waals surface area (Å²) in [5.41, 5.74) is 2.59. The first-order valence-electron chi connectivity index (χ1n) is 7.14. The summed E-state index contributed by atoms with van der Waals surface area (Å²) in [4.78, 5) is 14.2. The molecule has 0 aliphatic carbocycles. The van der Waals surface area contributed by atoms with Crippen LogP contribution in [0.5, 0.6) is 0 Å². The molecule has 1 heterocycles. The fourth-order valence-corrected chi connectivity index (χ4v) is 2.48. The van der Waals surface area contributed by atoms with Crippen molar-refractivity contribution >= 4 is 18.3 Å². The third kappa shape index (κ3) is 3.97. The van der Waals surface area contributed by atoms with Gasteiger partial charge in [-0.05, 0) is 25.3 Å². The minimum atomic E-state index is 0. The molecule has 1 fully saturated rings. The first-order chi connectivity index (χ1) is 9.11. The van der Waals surface area contributed by atoms with Crippen LogP contribution < -0.4 is 5.32 Å². The molecule has 1 aliphatic heterocycles. The smallest absolute Gasteiger partial charge is 0.228 e. The van der Waals surface area contributed by atoms with Crippen LogP contribution in [0.4, 0.5) is 0 Å². The van der Waals surface area contributed by atoms with Crippen LogP contribution >= 0.6 is 12.4 Å². The monoisotopic (exact) mass is 296 g/mol. The number of rotatable bonds is 5. The average molecular weight is 297 g/mol. The minimum Gasteiger partial charge on any atom is -0.342 e. The van der Waals surface area contributed by atoms with Crippen molar-refractivity contribution in [2.45, 2.75) is 32.7 Å². The van der Waals surface area contributed by atoms with Crippen molar-refractivity contribution < 1.29 is 4.79 Å². The molecular weight excluding hydrogens is 272 g/mol. The normalized spacial score (nSPS) is 15.9. The first-order valence-corrected chi connectivity index (χ1v) is 7.14. The lowest BCUT2D eigenvalue weighted by atomic mass is 9.97. The number of aryl methyl sites for hydroxylation is 1. The van der Waals surface area contributed by atoms with Gasteiger partial charge in [0.25, 0.3) is 0 Å². The minimum absolute atomic E-state index is 0. The summed E-state index contributed by atoms with van der Waals surface area (Å²) in [6.45, 7) is 5.93. The Morgan fingerprint density at radius 1 is 1.35 bits per heavy atom. The summed E-state index contributed by atoms with van der Waals surface area (Å²) in [6.07, 6.45) is 1.94. The van der Waals surface area contributed by atoms with Crippen LogP contribution in [0.25, 0.3) is 0 Å². The Hall–Kier alpha value is -1.06. The fraction of sp³-hybridized carbons (Fsp3) is 0.562. The molecule has 112 valence electrons. The summed E-state index contributed by atoms with van der Waals surface area (Å²) in [5.74, 6) is 0.481. The van der Waals surface area contributed by atoms with Crippen LogP contribution in [0.15, 0.2) is 24.3 Å². The van der Waals surface area contributed by atoms with Gasteiger partial charge in [0.1, 0.15) is 0 Å². The van der Waals surface area contributed by atoms with Gasteiger partial charge in [-0.2, -0.15) is 0 Å². The van der Waals surface area contributed by atoms with E-state index in [2.05, 4.69) is 43.4 Å². The zero-order valence-corrected chi connectivity index (χ0v) is 13.4. The van der Waals surface area contributed by atoms with Crippen LogP contribution in [0.1, 0.15) is 24.5 Å². The second-order valence-corrected chi connectivity index (χ2v) is 5.56. The maximum absolute atomic E-state index is 12.3. The third-order valence-corrected chi connectivity index (χ3v) is 4.09. The number of nitrogens with zero attached hydrogens (tertiary/aromatic N) is 1. The Morgan fingerprint density at radius 2 is 1.95 bits per heavy atom. The van der Waals surface area contributed by atoms with E-state index >= 15 is 0 Å². The maximum Gasteiger partial charge on any atom is 0.228 e. The number of hydrogen-bond acceptors (Lipinski definition) is 2. The van der Waals surface area contributed by atoms with E-state index in [-0.39, 0.29) is 24.2 Å². The molecule has 1 aromatic carbocycles. The van der Waals surface area contributed by atoms with Crippen LogP contribution in [-0.4, -0.2) is 37.0 Å². The van der Waals surface area contributed by atoms with E-state index in [9.17, 15) is 4.79 Å². The molecule has 0 aromatic heterocycles. The summed E-state index contributed by atoms with van der Waals surface area (Å²) < 4.78 is 0. The van der Waals surface area contributed by atoms with Gasteiger partial charge >= 0.3 is 0 Å². The van der Waals surface area contributed by atoms with Crippen molar-refractivity contribution in [1.29, 1.82) is 0 Å². The lowest BCUT2D eigenvalue weighted by molar-refractivity contribution is -0.137. The van der Waals surface area contributed by atoms with E-state index in [0.29, 0.717) is 6.04 Å². The van der Waals surface area contributed by atoms with E-state index in [0.717, 1.165) is 25.9 Å². The number of amides is 1. The van der Waals surface area contributed by atoms with Crippen molar-refractivity contribution in [2.24, 2.45) is 5.92 Å². The molecule has 0 radical (unpaired) electrons. The maximum atomic E-state index is 12.3. The third-order valence-electron chi connectivity index (χ3n) is 4.09. The molecule has 1 saturated heterocycles. The molecule has 1 aromatic rings. The number of carbonyl (C=O) groups is 1. The Balaban J connectivity index is 0.00000200. The Labute approximate surface area is 128 Å². The molecule has 0 spiro atoms. The van der Waals surface area contributed by atoms with Gasteiger partial charge in [0.05, 0.1) is 5.92 Å². The molecule has 1 N–H and O–H groups in total. The van der Waals surface area contributed by atoms with E-state index in [1.54, 1.807) is 0 Å². The molecule has 1 amide bonds. The Kier molecular flexibility index (Phi) is 6.50. The standard InChI is InChI=1S/C16H24N2O.ClH/c1-4-15(9-13-7-5-12(2)6-8-13)18(3)16(19)14-10-17-11-14;/h5-8,14-15,17H,4,9-11H2,1-3H3;1H. The van der Waals surface area contributed by atoms with Crippen molar-refractivity contribution in [3.63, 3.8) is 0 Å². The van der Waals surface area contributed by atoms with Gasteiger partial charge in [0.15, 0.2) is 0 Å². The van der Waals surface area contributed by atoms with E-state index < -0.39 is 0 Å². The molecule has 3 nitrogen and oxygen atoms in total. The predicted molar refractivity (Wildman–Crippen MR) is 85.3 cm³/mol. The molecular formula is C16H25ClN2O. The van der Waals surface area contributed by atoms with Gasteiger partial charge in [0.2, 0.25) is 5.91 Å². The summed E-state index contributed by atoms with van der Waals surface area (Å²) in [5, 5.41) is 3.16. The molecule has 20 heavy (non-hydrogen) atoms. The SMILES string of the molecule is CCC(Cc1ccc(C)cc1)N(C)C(=O)C1CNC1.Cl. The highest BCUT2D eigenvalue weighted by atomic mass is 35.5. The van der Waals surface area contributed by atoms with Crippen LogP contribution in [-0.2, 0) is 11.2 Å². The van der Waals surface area contributed by atoms with Crippen LogP contribution in [0.2, 0.25) is 0 Å². The number of hydrogen-bond donors (Lipinski definition) is 1. The van der Waals surface area contributed by atoms with E-state index in [4.69, 9.17) is 0 Å². The zero-order valence-electron chi connectivity index (χ0n) is 12.6. The van der Waals surface area contributed by atoms with Gasteiger partial charge in [-0.25, -0.2) is 0 Å². The van der Waals surface area contributed by atoms with Crippen molar-refractivity contribution in [3.05, 3.63) is 35.4 Å². The summed E-state index contributed by atoms with van der Waals surface area (Å²) >= 11 is 0. The lowest BCUT2D eigenvalue weighted by Crippen LogP contribution is -2.53. The van der Waals surface area contributed by atoms with Gasteiger partial charge < -0.3 is 10.2 Å². The molecule has 0 bridgehead atoms. The van der Waals surface area contributed by atoms with Crippen molar-refractivity contribution in [2.75, 3.05) is 20.1 Å². The lowest BCUT2D eigenvalue weighted by Gasteiger charge is -2.34. The van der Waals surface area contributed by atoms with E-state index in [1.165, 1.54) is 11.1 Å². The highest BCUT2D eigenvalue weighted by molar-refractivity contribution is 5.85. The predicted octanol–water partition coefficient (Wildman–Crippen LogP) is 2.42. The van der Waals surface area contributed by atoms with Crippen molar-refractivity contribution in [1.82, 2.24) is 10.2 Å². The zero-order chi connectivity index (χ0) is 13.8. The first kappa shape index (κ1) is 17.0. The van der Waals surface area contributed by atoms with Gasteiger partial charge in [-0.3, -0.25) is 4.79 Å². The number of nitrogens with one attached hydrogen (secondary N) is 1. The van der Waals surface area contributed by atoms with Crippen LogP contribution in [0.3, 0.4) is 0 Å². The second-order valence-electron chi connectivity index (χ2n) is 5.56. The Bertz CT molecular complexity index is 429. The highest BCUT2D eigenvalue weighted by Crippen LogP contribution is 2.16. The molecule has 1 unspecified atom stereocenters. The molecule has 1 atom stereocenters. The highest BCUT2D eigenvalue weighted by Gasteiger charge is 2.30. The fourth-order valence-electron chi connectivity index (χ4n) is 2.48.